The van der Waals surface area contributed by atoms with Gasteiger partial charge >= 0.3 is 11.9 Å². The lowest BCUT2D eigenvalue weighted by molar-refractivity contribution is -0.697. The minimum atomic E-state index is -0.474. The summed E-state index contributed by atoms with van der Waals surface area (Å²) in [6, 6.07) is 19.9. The van der Waals surface area contributed by atoms with Crippen LogP contribution in [0.2, 0.25) is 0 Å². The second kappa shape index (κ2) is 16.5. The molecule has 1 heterocycles. The Balaban J connectivity index is 0.00000211. The first-order valence-corrected chi connectivity index (χ1v) is 13.6. The maximum Gasteiger partial charge on any atom is 0.343 e. The summed E-state index contributed by atoms with van der Waals surface area (Å²) < 4.78 is 27.2. The van der Waals surface area contributed by atoms with Gasteiger partial charge in [-0.3, -0.25) is 0 Å². The standard InChI is InChI=1S/C33H35N2O5.BrH.OS/c1-22-7-9-26(10-8-22)32(36)39-30-21-23(2)31(25(4)24(30)3)40-33(37)27-11-13-29(14-12-27)38-20-19-35-17-15-28(16-18-35)34(5)6;;1-2/h7-18,21H,19-20H2,1-6H3;1H;/q+1;;/p-1. The number of aromatic nitrogens is 1. The Morgan fingerprint density at radius 2 is 1.30 bits per heavy atom. The summed E-state index contributed by atoms with van der Waals surface area (Å²) in [5.74, 6) is 0.654. The lowest BCUT2D eigenvalue weighted by atomic mass is 10.0. The van der Waals surface area contributed by atoms with Crippen molar-refractivity contribution in [1.29, 1.82) is 0 Å². The number of aryl methyl sites for hydroxylation is 2. The number of esters is 2. The largest absolute Gasteiger partial charge is 1.00 e. The second-order valence-corrected chi connectivity index (χ2v) is 9.98. The predicted molar refractivity (Wildman–Crippen MR) is 163 cm³/mol. The van der Waals surface area contributed by atoms with Crippen molar-refractivity contribution in [2.45, 2.75) is 34.2 Å². The molecule has 0 aliphatic heterocycles. The van der Waals surface area contributed by atoms with Crippen molar-refractivity contribution in [3.8, 4) is 17.2 Å². The highest BCUT2D eigenvalue weighted by Gasteiger charge is 2.19. The summed E-state index contributed by atoms with van der Waals surface area (Å²) in [6.07, 6.45) is 4.04. The molecule has 0 saturated carbocycles. The molecule has 0 atom stereocenters. The monoisotopic (exact) mass is 666 g/mol. The van der Waals surface area contributed by atoms with Gasteiger partial charge in [0.2, 0.25) is 0 Å². The van der Waals surface area contributed by atoms with Crippen molar-refractivity contribution in [2.24, 2.45) is 0 Å². The maximum absolute atomic E-state index is 12.9. The van der Waals surface area contributed by atoms with Crippen LogP contribution in [-0.2, 0) is 19.1 Å². The van der Waals surface area contributed by atoms with Gasteiger partial charge in [0, 0.05) is 31.9 Å². The molecule has 4 aromatic rings. The third kappa shape index (κ3) is 9.42. The summed E-state index contributed by atoms with van der Waals surface area (Å²) in [4.78, 5) is 27.6. The van der Waals surface area contributed by atoms with E-state index in [4.69, 9.17) is 18.4 Å². The smallest absolute Gasteiger partial charge is 0.343 e. The molecule has 0 aliphatic rings. The summed E-state index contributed by atoms with van der Waals surface area (Å²) in [5.41, 5.74) is 5.24. The zero-order valence-electron chi connectivity index (χ0n) is 25.0. The minimum absolute atomic E-state index is 0. The van der Waals surface area contributed by atoms with Gasteiger partial charge in [0.15, 0.2) is 31.5 Å². The molecule has 0 N–H and O–H groups in total. The lowest BCUT2D eigenvalue weighted by Gasteiger charge is -2.16. The van der Waals surface area contributed by atoms with Gasteiger partial charge in [-0.2, -0.15) is 4.21 Å². The van der Waals surface area contributed by atoms with Crippen molar-refractivity contribution in [3.05, 3.63) is 113 Å². The fourth-order valence-corrected chi connectivity index (χ4v) is 4.14. The van der Waals surface area contributed by atoms with E-state index in [0.29, 0.717) is 47.1 Å². The first kappa shape index (κ1) is 35.0. The molecule has 0 unspecified atom stereocenters. The van der Waals surface area contributed by atoms with Crippen LogP contribution >= 0.6 is 0 Å². The lowest BCUT2D eigenvalue weighted by Crippen LogP contribution is -3.00. The Hall–Kier alpha value is -4.15. The topological polar surface area (TPSA) is 86.0 Å². The summed E-state index contributed by atoms with van der Waals surface area (Å²) >= 11 is 2.83. The van der Waals surface area contributed by atoms with Crippen molar-refractivity contribution in [3.63, 3.8) is 0 Å². The van der Waals surface area contributed by atoms with Crippen LogP contribution in [0.4, 0.5) is 5.69 Å². The molecule has 226 valence electrons. The average molecular weight is 668 g/mol. The zero-order valence-corrected chi connectivity index (χ0v) is 27.5. The molecule has 0 radical (unpaired) electrons. The zero-order chi connectivity index (χ0) is 30.8. The molecular formula is C33H35BrN2O6S. The third-order valence-electron chi connectivity index (χ3n) is 6.76. The Morgan fingerprint density at radius 1 is 0.767 bits per heavy atom. The highest BCUT2D eigenvalue weighted by atomic mass is 79.9. The molecule has 43 heavy (non-hydrogen) atoms. The van der Waals surface area contributed by atoms with E-state index in [2.05, 4.69) is 34.1 Å². The fourth-order valence-electron chi connectivity index (χ4n) is 4.14. The second-order valence-electron chi connectivity index (χ2n) is 9.98. The van der Waals surface area contributed by atoms with Crippen LogP contribution in [0.15, 0.2) is 79.1 Å². The summed E-state index contributed by atoms with van der Waals surface area (Å²) in [7, 11) is 4.02. The van der Waals surface area contributed by atoms with Crippen LogP contribution in [0.3, 0.4) is 0 Å². The highest BCUT2D eigenvalue weighted by Crippen LogP contribution is 2.34. The van der Waals surface area contributed by atoms with Gasteiger partial charge in [0.1, 0.15) is 23.9 Å². The number of benzene rings is 3. The van der Waals surface area contributed by atoms with Crippen LogP contribution in [0.25, 0.3) is 0 Å². The van der Waals surface area contributed by atoms with Crippen molar-refractivity contribution in [2.75, 3.05) is 25.6 Å². The van der Waals surface area contributed by atoms with Gasteiger partial charge in [-0.25, -0.2) is 14.2 Å². The number of hydrogen-bond donors (Lipinski definition) is 0. The van der Waals surface area contributed by atoms with Gasteiger partial charge in [0.25, 0.3) is 0 Å². The quantitative estimate of drug-likeness (QED) is 0.153. The molecule has 10 heteroatoms. The number of nitrogens with zero attached hydrogens (tertiary/aromatic N) is 2. The number of rotatable bonds is 9. The Labute approximate surface area is 268 Å². The molecular weight excluding hydrogens is 632 g/mol. The van der Waals surface area contributed by atoms with Gasteiger partial charge in [-0.15, -0.1) is 0 Å². The molecule has 4 rings (SSSR count). The SMILES string of the molecule is Cc1ccc(C(=O)Oc2cc(C)c(OC(=O)c3ccc(OCC[n+]4ccc(N(C)C)cc4)cc3)c(C)c2C)cc1.O=S.[Br-]. The molecule has 0 bridgehead atoms. The molecule has 8 nitrogen and oxygen atoms in total. The third-order valence-corrected chi connectivity index (χ3v) is 6.76. The Kier molecular flexibility index (Phi) is 13.4. The van der Waals surface area contributed by atoms with E-state index in [9.17, 15) is 9.59 Å². The van der Waals surface area contributed by atoms with Crippen LogP contribution in [0.5, 0.6) is 17.2 Å². The summed E-state index contributed by atoms with van der Waals surface area (Å²) in [5, 5.41) is 0. The number of carbonyl (C=O) groups is 2. The molecule has 0 amide bonds. The van der Waals surface area contributed by atoms with Crippen LogP contribution < -0.4 is 40.7 Å². The molecule has 0 saturated heterocycles. The van der Waals surface area contributed by atoms with Crippen molar-refractivity contribution < 1.29 is 49.6 Å². The average Bonchev–Trinajstić information content (AvgIpc) is 2.99. The van der Waals surface area contributed by atoms with Gasteiger partial charge in [-0.1, -0.05) is 17.7 Å². The molecule has 3 aromatic carbocycles. The van der Waals surface area contributed by atoms with Crippen LogP contribution in [0.1, 0.15) is 43.0 Å². The van der Waals surface area contributed by atoms with Gasteiger partial charge < -0.3 is 36.1 Å². The molecule has 0 fully saturated rings. The van der Waals surface area contributed by atoms with E-state index in [1.165, 1.54) is 0 Å². The predicted octanol–water partition coefficient (Wildman–Crippen LogP) is 2.46. The number of ether oxygens (including phenoxy) is 3. The van der Waals surface area contributed by atoms with Crippen LogP contribution in [0, 0.1) is 27.7 Å². The number of anilines is 1. The minimum Gasteiger partial charge on any atom is -1.00 e. The number of halogens is 1. The first-order chi connectivity index (χ1) is 20.1. The van der Waals surface area contributed by atoms with Crippen molar-refractivity contribution >= 4 is 30.2 Å². The van der Waals surface area contributed by atoms with E-state index < -0.39 is 11.9 Å². The summed E-state index contributed by atoms with van der Waals surface area (Å²) in [6.45, 7) is 8.66. The van der Waals surface area contributed by atoms with E-state index >= 15 is 0 Å². The van der Waals surface area contributed by atoms with Crippen LogP contribution in [-0.4, -0.2) is 36.8 Å². The Bertz CT molecular complexity index is 1530. The van der Waals surface area contributed by atoms with E-state index in [1.54, 1.807) is 42.5 Å². The maximum atomic E-state index is 12.9. The fraction of sp³-hybridized carbons (Fsp3) is 0.242. The van der Waals surface area contributed by atoms with Gasteiger partial charge in [-0.05, 0) is 86.8 Å². The normalized spacial score (nSPS) is 10.0. The number of carbonyl (C=O) groups excluding carboxylic acids is 2. The molecule has 0 spiro atoms. The molecule has 0 aliphatic carbocycles. The highest BCUT2D eigenvalue weighted by molar-refractivity contribution is 7.44. The number of hydrogen-bond acceptors (Lipinski definition) is 8. The van der Waals surface area contributed by atoms with E-state index in [-0.39, 0.29) is 17.0 Å². The first-order valence-electron chi connectivity index (χ1n) is 13.3. The van der Waals surface area contributed by atoms with Gasteiger partial charge in [0.05, 0.1) is 11.1 Å². The van der Waals surface area contributed by atoms with Crippen molar-refractivity contribution in [1.82, 2.24) is 0 Å². The Morgan fingerprint density at radius 3 is 1.86 bits per heavy atom. The molecule has 1 aromatic heterocycles. The van der Waals surface area contributed by atoms with E-state index in [1.807, 2.05) is 66.3 Å². The van der Waals surface area contributed by atoms with E-state index in [0.717, 1.165) is 22.4 Å². The number of pyridine rings is 1.